The van der Waals surface area contributed by atoms with E-state index >= 15 is 0 Å². The SMILES string of the molecule is CC.CC1(C)CC1c1cccc(-c2nc(N3CCC3)nc3c2CCC3)c1.O=CO. The van der Waals surface area contributed by atoms with Gasteiger partial charge < -0.3 is 10.0 Å². The molecule has 2 aromatic rings. The van der Waals surface area contributed by atoms with Crippen molar-refractivity contribution < 1.29 is 9.90 Å². The smallest absolute Gasteiger partial charge is 0.290 e. The minimum Gasteiger partial charge on any atom is -0.483 e. The normalized spacial score (nSPS) is 20.3. The minimum absolute atomic E-state index is 0.250. The standard InChI is InChI=1S/C21H25N3.C2H6.CH2O2/c1-21(2)13-17(21)14-6-3-7-15(12-14)19-16-8-4-9-18(16)22-20(23-19)24-10-5-11-24;1-2;2-1-3/h3,6-7,12,17H,4-5,8-11,13H2,1-2H3;1-2H3;1H,(H,2,3). The number of anilines is 1. The van der Waals surface area contributed by atoms with Crippen LogP contribution in [0.4, 0.5) is 5.95 Å². The predicted molar refractivity (Wildman–Crippen MR) is 118 cm³/mol. The monoisotopic (exact) mass is 395 g/mol. The van der Waals surface area contributed by atoms with Crippen molar-refractivity contribution >= 4 is 12.4 Å². The third kappa shape index (κ3) is 4.44. The maximum Gasteiger partial charge on any atom is 0.290 e. The number of aromatic nitrogens is 2. The molecular weight excluding hydrogens is 362 g/mol. The van der Waals surface area contributed by atoms with Crippen LogP contribution < -0.4 is 4.90 Å². The third-order valence-electron chi connectivity index (χ3n) is 6.14. The molecule has 2 fully saturated rings. The summed E-state index contributed by atoms with van der Waals surface area (Å²) in [5, 5.41) is 6.89. The predicted octanol–water partition coefficient (Wildman–Crippen LogP) is 5.08. The molecule has 1 aromatic heterocycles. The van der Waals surface area contributed by atoms with Crippen molar-refractivity contribution in [3.05, 3.63) is 41.1 Å². The molecule has 5 nitrogen and oxygen atoms in total. The molecule has 1 aromatic carbocycles. The molecule has 1 saturated heterocycles. The molecule has 1 aliphatic heterocycles. The Hall–Kier alpha value is -2.43. The van der Waals surface area contributed by atoms with Crippen molar-refractivity contribution in [1.29, 1.82) is 0 Å². The second-order valence-corrected chi connectivity index (χ2v) is 8.47. The van der Waals surface area contributed by atoms with Gasteiger partial charge in [0.1, 0.15) is 0 Å². The van der Waals surface area contributed by atoms with Gasteiger partial charge in [0, 0.05) is 29.9 Å². The van der Waals surface area contributed by atoms with Crippen LogP contribution in [0.3, 0.4) is 0 Å². The van der Waals surface area contributed by atoms with E-state index in [1.165, 1.54) is 47.3 Å². The van der Waals surface area contributed by atoms with E-state index in [1.807, 2.05) is 13.8 Å². The highest BCUT2D eigenvalue weighted by Gasteiger charge is 2.46. The Morgan fingerprint density at radius 1 is 1.14 bits per heavy atom. The number of benzene rings is 1. The number of nitrogens with zero attached hydrogens (tertiary/aromatic N) is 3. The molecule has 156 valence electrons. The summed E-state index contributed by atoms with van der Waals surface area (Å²) in [4.78, 5) is 20.6. The lowest BCUT2D eigenvalue weighted by Gasteiger charge is -2.31. The van der Waals surface area contributed by atoms with Gasteiger partial charge in [-0.25, -0.2) is 9.97 Å². The largest absolute Gasteiger partial charge is 0.483 e. The van der Waals surface area contributed by atoms with E-state index in [0.29, 0.717) is 11.3 Å². The summed E-state index contributed by atoms with van der Waals surface area (Å²) in [6.07, 6.45) is 6.03. The van der Waals surface area contributed by atoms with Gasteiger partial charge in [-0.2, -0.15) is 0 Å². The highest BCUT2D eigenvalue weighted by atomic mass is 16.3. The van der Waals surface area contributed by atoms with Crippen LogP contribution in [-0.4, -0.2) is 34.6 Å². The molecule has 2 heterocycles. The number of hydrogen-bond acceptors (Lipinski definition) is 4. The lowest BCUT2D eigenvalue weighted by Crippen LogP contribution is -2.38. The van der Waals surface area contributed by atoms with E-state index in [4.69, 9.17) is 19.9 Å². The first-order valence-electron chi connectivity index (χ1n) is 10.9. The Balaban J connectivity index is 0.000000443. The van der Waals surface area contributed by atoms with Gasteiger partial charge in [0.25, 0.3) is 6.47 Å². The third-order valence-corrected chi connectivity index (χ3v) is 6.14. The molecule has 3 aliphatic rings. The lowest BCUT2D eigenvalue weighted by molar-refractivity contribution is -0.122. The summed E-state index contributed by atoms with van der Waals surface area (Å²) in [5.41, 5.74) is 7.12. The van der Waals surface area contributed by atoms with E-state index in [1.54, 1.807) is 0 Å². The van der Waals surface area contributed by atoms with Gasteiger partial charge in [-0.3, -0.25) is 4.79 Å². The molecule has 29 heavy (non-hydrogen) atoms. The molecule has 0 radical (unpaired) electrons. The molecule has 5 rings (SSSR count). The maximum atomic E-state index is 8.36. The molecular formula is C24H33N3O2. The zero-order chi connectivity index (χ0) is 21.0. The van der Waals surface area contributed by atoms with Gasteiger partial charge in [0.2, 0.25) is 5.95 Å². The van der Waals surface area contributed by atoms with Crippen LogP contribution >= 0.6 is 0 Å². The van der Waals surface area contributed by atoms with Crippen molar-refractivity contribution in [2.24, 2.45) is 5.41 Å². The molecule has 0 spiro atoms. The van der Waals surface area contributed by atoms with Crippen LogP contribution in [0.2, 0.25) is 0 Å². The Kier molecular flexibility index (Phi) is 6.56. The number of fused-ring (bicyclic) bond motifs is 1. The first-order valence-corrected chi connectivity index (χ1v) is 10.9. The number of rotatable bonds is 3. The summed E-state index contributed by atoms with van der Waals surface area (Å²) < 4.78 is 0. The fourth-order valence-electron chi connectivity index (χ4n) is 4.25. The van der Waals surface area contributed by atoms with Crippen LogP contribution in [-0.2, 0) is 17.6 Å². The number of hydrogen-bond donors (Lipinski definition) is 1. The molecule has 0 bridgehead atoms. The molecule has 1 unspecified atom stereocenters. The van der Waals surface area contributed by atoms with Crippen molar-refractivity contribution in [2.75, 3.05) is 18.0 Å². The van der Waals surface area contributed by atoms with Gasteiger partial charge in [0.05, 0.1) is 5.69 Å². The topological polar surface area (TPSA) is 66.3 Å². The molecule has 0 amide bonds. The highest BCUT2D eigenvalue weighted by molar-refractivity contribution is 5.67. The first kappa shape index (κ1) is 21.3. The fraction of sp³-hybridized carbons (Fsp3) is 0.542. The van der Waals surface area contributed by atoms with Crippen molar-refractivity contribution in [1.82, 2.24) is 9.97 Å². The Labute approximate surface area is 174 Å². The van der Waals surface area contributed by atoms with Crippen molar-refractivity contribution in [3.63, 3.8) is 0 Å². The van der Waals surface area contributed by atoms with Gasteiger partial charge >= 0.3 is 0 Å². The summed E-state index contributed by atoms with van der Waals surface area (Å²) in [5.74, 6) is 1.66. The zero-order valence-corrected chi connectivity index (χ0v) is 18.1. The van der Waals surface area contributed by atoms with Gasteiger partial charge in [-0.05, 0) is 55.1 Å². The Morgan fingerprint density at radius 3 is 2.41 bits per heavy atom. The van der Waals surface area contributed by atoms with E-state index in [2.05, 4.69) is 43.0 Å². The Morgan fingerprint density at radius 2 is 1.83 bits per heavy atom. The average Bonchev–Trinajstić information content (AvgIpc) is 3.09. The Bertz CT molecular complexity index is 859. The average molecular weight is 396 g/mol. The van der Waals surface area contributed by atoms with Gasteiger partial charge in [-0.15, -0.1) is 0 Å². The van der Waals surface area contributed by atoms with Crippen LogP contribution in [0, 0.1) is 5.41 Å². The second-order valence-electron chi connectivity index (χ2n) is 8.47. The van der Waals surface area contributed by atoms with Crippen molar-refractivity contribution in [2.45, 2.75) is 65.7 Å². The molecule has 2 aliphatic carbocycles. The molecule has 1 N–H and O–H groups in total. The van der Waals surface area contributed by atoms with Gasteiger partial charge in [-0.1, -0.05) is 45.9 Å². The molecule has 5 heteroatoms. The number of carbonyl (C=O) groups is 1. The number of aryl methyl sites for hydroxylation is 1. The summed E-state index contributed by atoms with van der Waals surface area (Å²) >= 11 is 0. The van der Waals surface area contributed by atoms with E-state index < -0.39 is 0 Å². The van der Waals surface area contributed by atoms with E-state index in [9.17, 15) is 0 Å². The van der Waals surface area contributed by atoms with Gasteiger partial charge in [0.15, 0.2) is 0 Å². The van der Waals surface area contributed by atoms with Crippen LogP contribution in [0.1, 0.15) is 69.7 Å². The second kappa shape index (κ2) is 8.93. The minimum atomic E-state index is -0.250. The summed E-state index contributed by atoms with van der Waals surface area (Å²) in [7, 11) is 0. The lowest BCUT2D eigenvalue weighted by atomic mass is 9.98. The van der Waals surface area contributed by atoms with Crippen molar-refractivity contribution in [3.8, 4) is 11.3 Å². The highest BCUT2D eigenvalue weighted by Crippen LogP contribution is 2.58. The van der Waals surface area contributed by atoms with E-state index in [0.717, 1.165) is 31.9 Å². The fourth-order valence-corrected chi connectivity index (χ4v) is 4.25. The number of carboxylic acid groups (broad SMARTS) is 1. The van der Waals surface area contributed by atoms with E-state index in [-0.39, 0.29) is 6.47 Å². The van der Waals surface area contributed by atoms with Crippen LogP contribution in [0.25, 0.3) is 11.3 Å². The molecule has 1 atom stereocenters. The maximum absolute atomic E-state index is 8.36. The van der Waals surface area contributed by atoms with Crippen LogP contribution in [0.5, 0.6) is 0 Å². The summed E-state index contributed by atoms with van der Waals surface area (Å²) in [6.45, 7) is 10.7. The molecule has 1 saturated carbocycles. The zero-order valence-electron chi connectivity index (χ0n) is 18.1. The summed E-state index contributed by atoms with van der Waals surface area (Å²) in [6, 6.07) is 9.13. The quantitative estimate of drug-likeness (QED) is 0.734. The first-order chi connectivity index (χ1) is 14.0. The van der Waals surface area contributed by atoms with Crippen LogP contribution in [0.15, 0.2) is 24.3 Å².